The molecule has 0 aliphatic carbocycles. The van der Waals surface area contributed by atoms with Crippen molar-refractivity contribution in [3.8, 4) is 0 Å². The second-order valence-electron chi connectivity index (χ2n) is 8.06. The standard InChI is InChI=1S/C16H26IN5O2Si/c1-16(2,3)25(4,5)23-8-10-6-7-11(24-10)22-9-19-12-13(18)20-15(17)21-14(12)22/h9-11H,6-8H2,1-5H3,(H2,18,20,21)/t10-,11+/m0/s1. The van der Waals surface area contributed by atoms with Crippen molar-refractivity contribution in [2.75, 3.05) is 12.3 Å². The maximum atomic E-state index is 6.31. The highest BCUT2D eigenvalue weighted by Gasteiger charge is 2.38. The third-order valence-corrected chi connectivity index (χ3v) is 10.2. The third kappa shape index (κ3) is 3.83. The first-order valence-corrected chi connectivity index (χ1v) is 12.5. The summed E-state index contributed by atoms with van der Waals surface area (Å²) in [4.78, 5) is 13.0. The van der Waals surface area contributed by atoms with Gasteiger partial charge in [-0.1, -0.05) is 20.8 Å². The van der Waals surface area contributed by atoms with Gasteiger partial charge in [0.1, 0.15) is 11.7 Å². The predicted molar refractivity (Wildman–Crippen MR) is 109 cm³/mol. The van der Waals surface area contributed by atoms with Gasteiger partial charge in [0, 0.05) is 22.6 Å². The molecule has 0 spiro atoms. The van der Waals surface area contributed by atoms with Crippen LogP contribution in [0.4, 0.5) is 5.82 Å². The lowest BCUT2D eigenvalue weighted by molar-refractivity contribution is -0.0182. The van der Waals surface area contributed by atoms with Crippen LogP contribution in [0.5, 0.6) is 0 Å². The van der Waals surface area contributed by atoms with Gasteiger partial charge < -0.3 is 14.9 Å². The van der Waals surface area contributed by atoms with E-state index >= 15 is 0 Å². The minimum absolute atomic E-state index is 0.0804. The fourth-order valence-electron chi connectivity index (χ4n) is 2.65. The van der Waals surface area contributed by atoms with Crippen molar-refractivity contribution in [2.24, 2.45) is 0 Å². The molecule has 1 aliphatic heterocycles. The van der Waals surface area contributed by atoms with E-state index in [-0.39, 0.29) is 17.4 Å². The highest BCUT2D eigenvalue weighted by Crippen LogP contribution is 2.38. The maximum absolute atomic E-state index is 6.31. The number of nitrogen functional groups attached to an aromatic ring is 1. The van der Waals surface area contributed by atoms with Gasteiger partial charge in [0.2, 0.25) is 0 Å². The second kappa shape index (κ2) is 6.75. The molecular formula is C16H26IN5O2Si. The lowest BCUT2D eigenvalue weighted by Crippen LogP contribution is -2.42. The van der Waals surface area contributed by atoms with E-state index in [2.05, 4.69) is 71.4 Å². The average Bonchev–Trinajstić information content (AvgIpc) is 3.10. The fourth-order valence-corrected chi connectivity index (χ4v) is 4.18. The lowest BCUT2D eigenvalue weighted by Gasteiger charge is -2.36. The Labute approximate surface area is 163 Å². The molecule has 0 amide bonds. The van der Waals surface area contributed by atoms with Crippen LogP contribution in [-0.4, -0.2) is 40.5 Å². The maximum Gasteiger partial charge on any atom is 0.194 e. The summed E-state index contributed by atoms with van der Waals surface area (Å²) in [5.41, 5.74) is 7.30. The van der Waals surface area contributed by atoms with Gasteiger partial charge in [-0.3, -0.25) is 4.57 Å². The molecule has 2 N–H and O–H groups in total. The Hall–Kier alpha value is -0.783. The molecule has 1 aliphatic rings. The average molecular weight is 475 g/mol. The minimum atomic E-state index is -1.76. The highest BCUT2D eigenvalue weighted by molar-refractivity contribution is 14.1. The Morgan fingerprint density at radius 1 is 1.36 bits per heavy atom. The molecule has 0 bridgehead atoms. The number of ether oxygens (including phenoxy) is 1. The van der Waals surface area contributed by atoms with Crippen molar-refractivity contribution in [2.45, 2.75) is 64.1 Å². The van der Waals surface area contributed by atoms with E-state index in [1.165, 1.54) is 0 Å². The number of hydrogen-bond donors (Lipinski definition) is 1. The first kappa shape index (κ1) is 19.0. The number of halogens is 1. The van der Waals surface area contributed by atoms with E-state index in [1.54, 1.807) is 6.33 Å². The second-order valence-corrected chi connectivity index (χ2v) is 13.8. The summed E-state index contributed by atoms with van der Waals surface area (Å²) in [6.07, 6.45) is 3.65. The van der Waals surface area contributed by atoms with E-state index < -0.39 is 8.32 Å². The van der Waals surface area contributed by atoms with Gasteiger partial charge in [-0.15, -0.1) is 0 Å². The summed E-state index contributed by atoms with van der Waals surface area (Å²) in [6, 6.07) is 0. The van der Waals surface area contributed by atoms with Gasteiger partial charge in [0.05, 0.1) is 19.0 Å². The number of imidazole rings is 1. The molecule has 1 saturated heterocycles. The number of fused-ring (bicyclic) bond motifs is 1. The number of aromatic nitrogens is 4. The number of nitrogens with zero attached hydrogens (tertiary/aromatic N) is 4. The molecule has 9 heteroatoms. The molecule has 3 heterocycles. The molecule has 0 aromatic carbocycles. The van der Waals surface area contributed by atoms with Crippen LogP contribution < -0.4 is 5.73 Å². The molecule has 2 atom stereocenters. The predicted octanol–water partition coefficient (Wildman–Crippen LogP) is 3.71. The van der Waals surface area contributed by atoms with Crippen LogP contribution in [0.1, 0.15) is 39.8 Å². The van der Waals surface area contributed by atoms with E-state index in [4.69, 9.17) is 14.9 Å². The minimum Gasteiger partial charge on any atom is -0.414 e. The van der Waals surface area contributed by atoms with Crippen LogP contribution in [0.25, 0.3) is 11.2 Å². The van der Waals surface area contributed by atoms with E-state index in [0.717, 1.165) is 18.5 Å². The van der Waals surface area contributed by atoms with Gasteiger partial charge >= 0.3 is 0 Å². The third-order valence-electron chi connectivity index (χ3n) is 5.25. The molecule has 3 rings (SSSR count). The molecule has 25 heavy (non-hydrogen) atoms. The van der Waals surface area contributed by atoms with Crippen molar-refractivity contribution in [1.29, 1.82) is 0 Å². The van der Waals surface area contributed by atoms with Gasteiger partial charge in [0.15, 0.2) is 23.6 Å². The van der Waals surface area contributed by atoms with Crippen LogP contribution in [0.15, 0.2) is 6.33 Å². The molecular weight excluding hydrogens is 449 g/mol. The fraction of sp³-hybridized carbons (Fsp3) is 0.688. The summed E-state index contributed by atoms with van der Waals surface area (Å²) in [6.45, 7) is 11.9. The molecule has 138 valence electrons. The normalized spacial score (nSPS) is 22.0. The summed E-state index contributed by atoms with van der Waals surface area (Å²) in [5, 5.41) is 0.205. The largest absolute Gasteiger partial charge is 0.414 e. The zero-order chi connectivity index (χ0) is 18.4. The van der Waals surface area contributed by atoms with Crippen LogP contribution in [0.2, 0.25) is 18.1 Å². The first-order valence-electron chi connectivity index (χ1n) is 8.53. The summed E-state index contributed by atoms with van der Waals surface area (Å²) in [5.74, 6) is 0.406. The molecule has 0 radical (unpaired) electrons. The van der Waals surface area contributed by atoms with Crippen molar-refractivity contribution >= 4 is 47.9 Å². The number of hydrogen-bond acceptors (Lipinski definition) is 6. The monoisotopic (exact) mass is 475 g/mol. The van der Waals surface area contributed by atoms with E-state index in [1.807, 2.05) is 4.57 Å². The molecule has 7 nitrogen and oxygen atoms in total. The Morgan fingerprint density at radius 3 is 2.76 bits per heavy atom. The Kier molecular flexibility index (Phi) is 5.12. The molecule has 2 aromatic heterocycles. The van der Waals surface area contributed by atoms with Crippen LogP contribution in [-0.2, 0) is 9.16 Å². The first-order chi connectivity index (χ1) is 11.6. The van der Waals surface area contributed by atoms with Crippen LogP contribution in [0.3, 0.4) is 0 Å². The summed E-state index contributed by atoms with van der Waals surface area (Å²) < 4.78 is 15.1. The van der Waals surface area contributed by atoms with Gasteiger partial charge in [-0.25, -0.2) is 15.0 Å². The summed E-state index contributed by atoms with van der Waals surface area (Å²) in [7, 11) is -1.76. The smallest absolute Gasteiger partial charge is 0.194 e. The van der Waals surface area contributed by atoms with Crippen molar-refractivity contribution < 1.29 is 9.16 Å². The molecule has 0 saturated carbocycles. The van der Waals surface area contributed by atoms with Gasteiger partial charge in [0.25, 0.3) is 0 Å². The van der Waals surface area contributed by atoms with Crippen molar-refractivity contribution in [3.63, 3.8) is 0 Å². The lowest BCUT2D eigenvalue weighted by atomic mass is 10.2. The highest BCUT2D eigenvalue weighted by atomic mass is 127. The summed E-state index contributed by atoms with van der Waals surface area (Å²) >= 11 is 2.06. The zero-order valence-electron chi connectivity index (χ0n) is 15.4. The Morgan fingerprint density at radius 2 is 2.08 bits per heavy atom. The molecule has 2 aromatic rings. The van der Waals surface area contributed by atoms with Gasteiger partial charge in [-0.2, -0.15) is 0 Å². The van der Waals surface area contributed by atoms with E-state index in [0.29, 0.717) is 21.8 Å². The molecule has 1 fully saturated rings. The molecule has 0 unspecified atom stereocenters. The van der Waals surface area contributed by atoms with Crippen molar-refractivity contribution in [1.82, 2.24) is 19.5 Å². The van der Waals surface area contributed by atoms with Crippen LogP contribution >= 0.6 is 22.6 Å². The quantitative estimate of drug-likeness (QED) is 0.412. The number of anilines is 1. The number of nitrogens with two attached hydrogens (primary N) is 1. The number of rotatable bonds is 4. The zero-order valence-corrected chi connectivity index (χ0v) is 18.6. The van der Waals surface area contributed by atoms with Crippen LogP contribution in [0, 0.1) is 3.83 Å². The topological polar surface area (TPSA) is 88.1 Å². The Bertz CT molecular complexity index is 774. The van der Waals surface area contributed by atoms with Gasteiger partial charge in [-0.05, 0) is 31.0 Å². The Balaban J connectivity index is 1.70. The SMILES string of the molecule is CC(C)(C)[Si](C)(C)OC[C@@H]1CC[C@H](n2cnc3c(N)nc(I)nc32)O1. The van der Waals surface area contributed by atoms with E-state index in [9.17, 15) is 0 Å². The van der Waals surface area contributed by atoms with Crippen molar-refractivity contribution in [3.05, 3.63) is 10.2 Å².